The van der Waals surface area contributed by atoms with Crippen molar-refractivity contribution in [2.45, 2.75) is 19.3 Å². The van der Waals surface area contributed by atoms with Crippen LogP contribution in [0, 0.1) is 11.6 Å². The third-order valence-corrected chi connectivity index (χ3v) is 3.16. The smallest absolute Gasteiger partial charge is 0.129 e. The summed E-state index contributed by atoms with van der Waals surface area (Å²) < 4.78 is 26.5. The molecule has 0 bridgehead atoms. The number of aliphatic hydroxyl groups is 2. The molecule has 0 aliphatic carbocycles. The van der Waals surface area contributed by atoms with E-state index in [4.69, 9.17) is 5.11 Å². The molecule has 0 saturated carbocycles. The molecule has 0 spiro atoms. The first-order valence-electron chi connectivity index (χ1n) is 6.62. The predicted octanol–water partition coefficient (Wildman–Crippen LogP) is 2.28. The molecule has 0 aliphatic rings. The van der Waals surface area contributed by atoms with Gasteiger partial charge in [-0.05, 0) is 29.3 Å². The topological polar surface area (TPSA) is 52.5 Å². The van der Waals surface area contributed by atoms with Gasteiger partial charge < -0.3 is 15.5 Å². The maximum atomic E-state index is 13.5. The molecule has 2 aromatic carbocycles. The predicted molar refractivity (Wildman–Crippen MR) is 75.4 cm³/mol. The summed E-state index contributed by atoms with van der Waals surface area (Å²) in [5.74, 6) is -1.21. The third kappa shape index (κ3) is 4.32. The van der Waals surface area contributed by atoms with Gasteiger partial charge in [-0.25, -0.2) is 8.78 Å². The molecule has 112 valence electrons. The van der Waals surface area contributed by atoms with Crippen molar-refractivity contribution in [2.75, 3.05) is 6.54 Å². The van der Waals surface area contributed by atoms with Crippen LogP contribution in [0.4, 0.5) is 8.78 Å². The zero-order valence-corrected chi connectivity index (χ0v) is 11.4. The number of nitrogens with one attached hydrogen (secondary N) is 1. The molecule has 21 heavy (non-hydrogen) atoms. The van der Waals surface area contributed by atoms with Gasteiger partial charge in [-0.1, -0.05) is 24.3 Å². The van der Waals surface area contributed by atoms with E-state index in [1.807, 2.05) is 18.2 Å². The quantitative estimate of drug-likeness (QED) is 0.766. The van der Waals surface area contributed by atoms with Crippen LogP contribution in [0.15, 0.2) is 42.5 Å². The summed E-state index contributed by atoms with van der Waals surface area (Å²) in [4.78, 5) is 0. The summed E-state index contributed by atoms with van der Waals surface area (Å²) in [7, 11) is 0. The number of benzene rings is 2. The molecule has 0 saturated heterocycles. The molecule has 0 radical (unpaired) electrons. The third-order valence-electron chi connectivity index (χ3n) is 3.16. The van der Waals surface area contributed by atoms with Gasteiger partial charge >= 0.3 is 0 Å². The van der Waals surface area contributed by atoms with Gasteiger partial charge in [-0.15, -0.1) is 0 Å². The minimum atomic E-state index is -1.12. The highest BCUT2D eigenvalue weighted by Crippen LogP contribution is 2.17. The van der Waals surface area contributed by atoms with Gasteiger partial charge in [0.05, 0.1) is 12.7 Å². The molecule has 3 nitrogen and oxygen atoms in total. The number of halogens is 2. The van der Waals surface area contributed by atoms with E-state index in [-0.39, 0.29) is 18.7 Å². The van der Waals surface area contributed by atoms with Gasteiger partial charge in [0.25, 0.3) is 0 Å². The molecule has 2 rings (SSSR count). The first-order chi connectivity index (χ1) is 10.1. The largest absolute Gasteiger partial charge is 0.392 e. The van der Waals surface area contributed by atoms with Crippen LogP contribution in [0.2, 0.25) is 0 Å². The molecule has 1 atom stereocenters. The van der Waals surface area contributed by atoms with Crippen LogP contribution in [0.25, 0.3) is 0 Å². The summed E-state index contributed by atoms with van der Waals surface area (Å²) in [5, 5.41) is 21.9. The molecule has 3 N–H and O–H groups in total. The molecular formula is C16H17F2NO2. The van der Waals surface area contributed by atoms with Crippen molar-refractivity contribution < 1.29 is 19.0 Å². The number of aliphatic hydroxyl groups excluding tert-OH is 2. The molecular weight excluding hydrogens is 276 g/mol. The van der Waals surface area contributed by atoms with Crippen LogP contribution in [-0.4, -0.2) is 16.8 Å². The monoisotopic (exact) mass is 293 g/mol. The number of hydrogen-bond donors (Lipinski definition) is 3. The highest BCUT2D eigenvalue weighted by Gasteiger charge is 2.13. The van der Waals surface area contributed by atoms with Gasteiger partial charge in [-0.3, -0.25) is 0 Å². The zero-order valence-electron chi connectivity index (χ0n) is 11.4. The standard InChI is InChI=1S/C16H17F2NO2/c17-13-4-5-15(18)14(7-13)16(21)9-19-8-11-2-1-3-12(6-11)10-20/h1-7,16,19-21H,8-10H2. The van der Waals surface area contributed by atoms with Crippen LogP contribution in [-0.2, 0) is 13.2 Å². The Morgan fingerprint density at radius 2 is 1.81 bits per heavy atom. The fraction of sp³-hybridized carbons (Fsp3) is 0.250. The van der Waals surface area contributed by atoms with Crippen LogP contribution in [0.1, 0.15) is 22.8 Å². The molecule has 2 aromatic rings. The van der Waals surface area contributed by atoms with E-state index < -0.39 is 17.7 Å². The van der Waals surface area contributed by atoms with E-state index >= 15 is 0 Å². The lowest BCUT2D eigenvalue weighted by Crippen LogP contribution is -2.22. The first kappa shape index (κ1) is 15.6. The van der Waals surface area contributed by atoms with Crippen LogP contribution in [0.3, 0.4) is 0 Å². The SMILES string of the molecule is OCc1cccc(CNCC(O)c2cc(F)ccc2F)c1. The Morgan fingerprint density at radius 1 is 1.05 bits per heavy atom. The Hall–Kier alpha value is -1.82. The Labute approximate surface area is 121 Å². The fourth-order valence-corrected chi connectivity index (χ4v) is 2.07. The molecule has 0 heterocycles. The second-order valence-electron chi connectivity index (χ2n) is 4.79. The van der Waals surface area contributed by atoms with E-state index in [9.17, 15) is 13.9 Å². The van der Waals surface area contributed by atoms with Gasteiger partial charge in [-0.2, -0.15) is 0 Å². The average Bonchev–Trinajstić information content (AvgIpc) is 2.49. The lowest BCUT2D eigenvalue weighted by molar-refractivity contribution is 0.169. The summed E-state index contributed by atoms with van der Waals surface area (Å²) in [6.45, 7) is 0.524. The van der Waals surface area contributed by atoms with E-state index in [2.05, 4.69) is 5.32 Å². The summed E-state index contributed by atoms with van der Waals surface area (Å²) in [6.07, 6.45) is -1.12. The molecule has 0 amide bonds. The average molecular weight is 293 g/mol. The Bertz CT molecular complexity index is 605. The number of rotatable bonds is 6. The Balaban J connectivity index is 1.92. The van der Waals surface area contributed by atoms with E-state index in [1.165, 1.54) is 0 Å². The fourth-order valence-electron chi connectivity index (χ4n) is 2.07. The van der Waals surface area contributed by atoms with Crippen LogP contribution >= 0.6 is 0 Å². The van der Waals surface area contributed by atoms with Crippen molar-refractivity contribution in [3.8, 4) is 0 Å². The van der Waals surface area contributed by atoms with Crippen molar-refractivity contribution in [3.05, 3.63) is 70.8 Å². The molecule has 0 aromatic heterocycles. The van der Waals surface area contributed by atoms with Crippen molar-refractivity contribution in [2.24, 2.45) is 0 Å². The lowest BCUT2D eigenvalue weighted by Gasteiger charge is -2.13. The highest BCUT2D eigenvalue weighted by molar-refractivity contribution is 5.23. The van der Waals surface area contributed by atoms with Crippen LogP contribution in [0.5, 0.6) is 0 Å². The minimum Gasteiger partial charge on any atom is -0.392 e. The van der Waals surface area contributed by atoms with E-state index in [1.54, 1.807) is 6.07 Å². The van der Waals surface area contributed by atoms with Gasteiger partial charge in [0.1, 0.15) is 11.6 Å². The molecule has 5 heteroatoms. The van der Waals surface area contributed by atoms with Gasteiger partial charge in [0.2, 0.25) is 0 Å². The van der Waals surface area contributed by atoms with E-state index in [0.29, 0.717) is 6.54 Å². The second-order valence-corrected chi connectivity index (χ2v) is 4.79. The zero-order chi connectivity index (χ0) is 15.2. The van der Waals surface area contributed by atoms with Crippen LogP contribution < -0.4 is 5.32 Å². The highest BCUT2D eigenvalue weighted by atomic mass is 19.1. The van der Waals surface area contributed by atoms with Crippen molar-refractivity contribution in [1.29, 1.82) is 0 Å². The second kappa shape index (κ2) is 7.26. The molecule has 0 fully saturated rings. The maximum Gasteiger partial charge on any atom is 0.129 e. The normalized spacial score (nSPS) is 12.4. The summed E-state index contributed by atoms with van der Waals surface area (Å²) >= 11 is 0. The summed E-state index contributed by atoms with van der Waals surface area (Å²) in [5.41, 5.74) is 1.67. The van der Waals surface area contributed by atoms with Gasteiger partial charge in [0.15, 0.2) is 0 Å². The Kier molecular flexibility index (Phi) is 5.38. The molecule has 1 unspecified atom stereocenters. The maximum absolute atomic E-state index is 13.5. The Morgan fingerprint density at radius 3 is 2.57 bits per heavy atom. The van der Waals surface area contributed by atoms with Gasteiger partial charge in [0, 0.05) is 18.7 Å². The summed E-state index contributed by atoms with van der Waals surface area (Å²) in [6, 6.07) is 10.3. The van der Waals surface area contributed by atoms with Crippen molar-refractivity contribution >= 4 is 0 Å². The van der Waals surface area contributed by atoms with Crippen molar-refractivity contribution in [3.63, 3.8) is 0 Å². The lowest BCUT2D eigenvalue weighted by atomic mass is 10.1. The number of hydrogen-bond acceptors (Lipinski definition) is 3. The van der Waals surface area contributed by atoms with Crippen molar-refractivity contribution in [1.82, 2.24) is 5.32 Å². The molecule has 0 aliphatic heterocycles. The minimum absolute atomic E-state index is 0.0367. The van der Waals surface area contributed by atoms with E-state index in [0.717, 1.165) is 29.3 Å². The first-order valence-corrected chi connectivity index (χ1v) is 6.62.